The molecule has 0 radical (unpaired) electrons. The van der Waals surface area contributed by atoms with Crippen molar-refractivity contribution in [2.75, 3.05) is 39.9 Å². The number of hydrogen-bond acceptors (Lipinski definition) is 4. The van der Waals surface area contributed by atoms with Gasteiger partial charge in [0.1, 0.15) is 0 Å². The molecule has 2 N–H and O–H groups in total. The van der Waals surface area contributed by atoms with Gasteiger partial charge >= 0.3 is 0 Å². The fourth-order valence-corrected chi connectivity index (χ4v) is 2.66. The van der Waals surface area contributed by atoms with Crippen LogP contribution in [0.3, 0.4) is 0 Å². The molecule has 1 heterocycles. The van der Waals surface area contributed by atoms with Crippen molar-refractivity contribution in [3.05, 3.63) is 0 Å². The van der Waals surface area contributed by atoms with Gasteiger partial charge in [0, 0.05) is 19.7 Å². The summed E-state index contributed by atoms with van der Waals surface area (Å²) in [6, 6.07) is 0.476. The van der Waals surface area contributed by atoms with Crippen LogP contribution < -0.4 is 10.6 Å². The molecule has 1 atom stereocenters. The lowest BCUT2D eigenvalue weighted by Gasteiger charge is -2.38. The van der Waals surface area contributed by atoms with E-state index in [4.69, 9.17) is 4.74 Å². The summed E-state index contributed by atoms with van der Waals surface area (Å²) >= 11 is 0. The Balaban J connectivity index is 2.50. The highest BCUT2D eigenvalue weighted by molar-refractivity contribution is 5.81. The van der Waals surface area contributed by atoms with E-state index in [9.17, 15) is 4.79 Å². The molecule has 19 heavy (non-hydrogen) atoms. The van der Waals surface area contributed by atoms with Crippen molar-refractivity contribution >= 4 is 5.91 Å². The molecule has 0 aromatic rings. The van der Waals surface area contributed by atoms with Crippen LogP contribution in [0.25, 0.3) is 0 Å². The molecule has 5 nitrogen and oxygen atoms in total. The van der Waals surface area contributed by atoms with Crippen molar-refractivity contribution in [1.82, 2.24) is 15.5 Å². The van der Waals surface area contributed by atoms with Gasteiger partial charge in [-0.3, -0.25) is 9.69 Å². The molecule has 0 saturated carbocycles. The molecule has 1 aliphatic rings. The zero-order valence-electron chi connectivity index (χ0n) is 12.6. The third-order valence-electron chi connectivity index (χ3n) is 3.74. The average molecular weight is 271 g/mol. The molecule has 1 fully saturated rings. The van der Waals surface area contributed by atoms with Crippen LogP contribution >= 0.6 is 0 Å². The molecular formula is C14H29N3O2. The van der Waals surface area contributed by atoms with Gasteiger partial charge in [0.05, 0.1) is 12.6 Å². The van der Waals surface area contributed by atoms with Crippen molar-refractivity contribution < 1.29 is 9.53 Å². The van der Waals surface area contributed by atoms with Crippen LogP contribution in [0, 0.1) is 0 Å². The maximum atomic E-state index is 12.2. The van der Waals surface area contributed by atoms with E-state index in [-0.39, 0.29) is 11.9 Å². The zero-order valence-corrected chi connectivity index (χ0v) is 12.6. The van der Waals surface area contributed by atoms with Crippen LogP contribution in [0.4, 0.5) is 0 Å². The van der Waals surface area contributed by atoms with Crippen molar-refractivity contribution in [3.8, 4) is 0 Å². The summed E-state index contributed by atoms with van der Waals surface area (Å²) in [5, 5.41) is 6.32. The average Bonchev–Trinajstić information content (AvgIpc) is 2.45. The molecule has 0 aromatic heterocycles. The normalized spacial score (nSPS) is 18.5. The van der Waals surface area contributed by atoms with Crippen LogP contribution in [-0.4, -0.2) is 62.8 Å². The van der Waals surface area contributed by atoms with Gasteiger partial charge < -0.3 is 15.4 Å². The van der Waals surface area contributed by atoms with Crippen molar-refractivity contribution in [1.29, 1.82) is 0 Å². The minimum Gasteiger partial charge on any atom is -0.383 e. The molecule has 0 aliphatic carbocycles. The Kier molecular flexibility index (Phi) is 8.02. The number of nitrogens with zero attached hydrogens (tertiary/aromatic N) is 1. The van der Waals surface area contributed by atoms with Crippen LogP contribution in [0.5, 0.6) is 0 Å². The first-order chi connectivity index (χ1) is 9.20. The van der Waals surface area contributed by atoms with E-state index in [0.717, 1.165) is 38.9 Å². The Morgan fingerprint density at radius 1 is 1.47 bits per heavy atom. The Morgan fingerprint density at radius 2 is 2.16 bits per heavy atom. The maximum Gasteiger partial charge on any atom is 0.237 e. The quantitative estimate of drug-likeness (QED) is 0.635. The second kappa shape index (κ2) is 9.28. The first kappa shape index (κ1) is 16.4. The standard InChI is InChI=1S/C14H29N3O2/c1-4-10-17(13-5-7-15-8-6-13)12(2)14(18)16-9-11-19-3/h12-13,15H,4-11H2,1-3H3,(H,16,18). The molecule has 112 valence electrons. The number of piperidine rings is 1. The number of methoxy groups -OCH3 is 1. The summed E-state index contributed by atoms with van der Waals surface area (Å²) in [5.41, 5.74) is 0. The van der Waals surface area contributed by atoms with Crippen LogP contribution in [0.1, 0.15) is 33.1 Å². The van der Waals surface area contributed by atoms with Crippen LogP contribution in [0.2, 0.25) is 0 Å². The topological polar surface area (TPSA) is 53.6 Å². The molecule has 0 aromatic carbocycles. The summed E-state index contributed by atoms with van der Waals surface area (Å²) in [7, 11) is 1.65. The predicted molar refractivity (Wildman–Crippen MR) is 77.2 cm³/mol. The lowest BCUT2D eigenvalue weighted by molar-refractivity contribution is -0.127. The molecule has 1 unspecified atom stereocenters. The van der Waals surface area contributed by atoms with Gasteiger partial charge in [-0.25, -0.2) is 0 Å². The van der Waals surface area contributed by atoms with E-state index in [2.05, 4.69) is 22.5 Å². The molecule has 0 bridgehead atoms. The second-order valence-corrected chi connectivity index (χ2v) is 5.18. The molecular weight excluding hydrogens is 242 g/mol. The molecule has 1 saturated heterocycles. The van der Waals surface area contributed by atoms with Gasteiger partial charge in [0.2, 0.25) is 5.91 Å². The van der Waals surface area contributed by atoms with Gasteiger partial charge in [-0.05, 0) is 45.8 Å². The van der Waals surface area contributed by atoms with E-state index in [1.807, 2.05) is 6.92 Å². The summed E-state index contributed by atoms with van der Waals surface area (Å²) in [6.45, 7) is 8.45. The van der Waals surface area contributed by atoms with Gasteiger partial charge in [-0.1, -0.05) is 6.92 Å². The lowest BCUT2D eigenvalue weighted by atomic mass is 10.0. The van der Waals surface area contributed by atoms with Crippen molar-refractivity contribution in [3.63, 3.8) is 0 Å². The van der Waals surface area contributed by atoms with Crippen LogP contribution in [0.15, 0.2) is 0 Å². The minimum atomic E-state index is -0.0556. The molecule has 1 amide bonds. The van der Waals surface area contributed by atoms with Gasteiger partial charge in [-0.15, -0.1) is 0 Å². The molecule has 5 heteroatoms. The largest absolute Gasteiger partial charge is 0.383 e. The van der Waals surface area contributed by atoms with E-state index >= 15 is 0 Å². The number of hydrogen-bond donors (Lipinski definition) is 2. The monoisotopic (exact) mass is 271 g/mol. The minimum absolute atomic E-state index is 0.0556. The van der Waals surface area contributed by atoms with E-state index in [1.165, 1.54) is 0 Å². The SMILES string of the molecule is CCCN(C1CCNCC1)C(C)C(=O)NCCOC. The number of nitrogens with one attached hydrogen (secondary N) is 2. The fraction of sp³-hybridized carbons (Fsp3) is 0.929. The van der Waals surface area contributed by atoms with Gasteiger partial charge in [0.25, 0.3) is 0 Å². The fourth-order valence-electron chi connectivity index (χ4n) is 2.66. The Bertz CT molecular complexity index is 255. The first-order valence-corrected chi connectivity index (χ1v) is 7.43. The van der Waals surface area contributed by atoms with E-state index in [0.29, 0.717) is 19.2 Å². The predicted octanol–water partition coefficient (Wildman–Crippen LogP) is 0.602. The van der Waals surface area contributed by atoms with E-state index < -0.39 is 0 Å². The summed E-state index contributed by atoms with van der Waals surface area (Å²) < 4.78 is 4.96. The third-order valence-corrected chi connectivity index (χ3v) is 3.74. The van der Waals surface area contributed by atoms with E-state index in [1.54, 1.807) is 7.11 Å². The highest BCUT2D eigenvalue weighted by atomic mass is 16.5. The smallest absolute Gasteiger partial charge is 0.237 e. The van der Waals surface area contributed by atoms with Gasteiger partial charge in [-0.2, -0.15) is 0 Å². The number of ether oxygens (including phenoxy) is 1. The zero-order chi connectivity index (χ0) is 14.1. The number of amides is 1. The number of carbonyl (C=O) groups excluding carboxylic acids is 1. The summed E-state index contributed by atoms with van der Waals surface area (Å²) in [4.78, 5) is 14.5. The number of rotatable bonds is 8. The Hall–Kier alpha value is -0.650. The molecule has 1 aliphatic heterocycles. The van der Waals surface area contributed by atoms with Crippen LogP contribution in [-0.2, 0) is 9.53 Å². The van der Waals surface area contributed by atoms with Crippen molar-refractivity contribution in [2.24, 2.45) is 0 Å². The number of carbonyl (C=O) groups is 1. The third kappa shape index (κ3) is 5.47. The summed E-state index contributed by atoms with van der Waals surface area (Å²) in [6.07, 6.45) is 3.35. The Labute approximate surface area is 117 Å². The highest BCUT2D eigenvalue weighted by Crippen LogP contribution is 2.15. The maximum absolute atomic E-state index is 12.2. The van der Waals surface area contributed by atoms with Crippen molar-refractivity contribution in [2.45, 2.75) is 45.2 Å². The lowest BCUT2D eigenvalue weighted by Crippen LogP contribution is -2.53. The van der Waals surface area contributed by atoms with Gasteiger partial charge in [0.15, 0.2) is 0 Å². The first-order valence-electron chi connectivity index (χ1n) is 7.43. The Morgan fingerprint density at radius 3 is 2.74 bits per heavy atom. The second-order valence-electron chi connectivity index (χ2n) is 5.18. The summed E-state index contributed by atoms with van der Waals surface area (Å²) in [5.74, 6) is 0.115. The highest BCUT2D eigenvalue weighted by Gasteiger charge is 2.28. The molecule has 1 rings (SSSR count). The molecule has 0 spiro atoms.